The van der Waals surface area contributed by atoms with Crippen LogP contribution in [0, 0.1) is 0 Å². The monoisotopic (exact) mass is 432 g/mol. The third-order valence-electron chi connectivity index (χ3n) is 4.36. The second-order valence-corrected chi connectivity index (χ2v) is 7.76. The molecular formula is C23H29ClN2O4. The van der Waals surface area contributed by atoms with E-state index in [4.69, 9.17) is 25.9 Å². The maximum Gasteiger partial charge on any atom is 0.263 e. The molecule has 1 amide bonds. The largest absolute Gasteiger partial charge is 0.493 e. The molecule has 0 spiro atoms. The lowest BCUT2D eigenvalue weighted by Crippen LogP contribution is -2.43. The van der Waals surface area contributed by atoms with Gasteiger partial charge in [0.25, 0.3) is 5.91 Å². The van der Waals surface area contributed by atoms with Gasteiger partial charge in [-0.1, -0.05) is 28.9 Å². The summed E-state index contributed by atoms with van der Waals surface area (Å²) in [6, 6.07) is 13.1. The van der Waals surface area contributed by atoms with Crippen molar-refractivity contribution in [3.8, 4) is 11.5 Å². The molecule has 0 aliphatic heterocycles. The van der Waals surface area contributed by atoms with Crippen LogP contribution in [0.15, 0.2) is 47.6 Å². The first-order valence-electron chi connectivity index (χ1n) is 9.83. The number of halogens is 1. The summed E-state index contributed by atoms with van der Waals surface area (Å²) in [5.41, 5.74) is 1.77. The summed E-state index contributed by atoms with van der Waals surface area (Å²) in [4.78, 5) is 19.2. The third kappa shape index (κ3) is 6.95. The van der Waals surface area contributed by atoms with Gasteiger partial charge in [0.15, 0.2) is 18.1 Å². The van der Waals surface area contributed by atoms with Gasteiger partial charge in [0.2, 0.25) is 0 Å². The highest BCUT2D eigenvalue weighted by molar-refractivity contribution is 6.30. The van der Waals surface area contributed by atoms with E-state index in [0.717, 1.165) is 11.1 Å². The van der Waals surface area contributed by atoms with Gasteiger partial charge in [-0.25, -0.2) is 0 Å². The van der Waals surface area contributed by atoms with Gasteiger partial charge >= 0.3 is 0 Å². The molecule has 0 radical (unpaired) electrons. The molecule has 0 fully saturated rings. The van der Waals surface area contributed by atoms with Gasteiger partial charge < -0.3 is 19.2 Å². The molecule has 0 aliphatic rings. The average Bonchev–Trinajstić information content (AvgIpc) is 2.70. The molecule has 0 heterocycles. The van der Waals surface area contributed by atoms with Gasteiger partial charge in [-0.3, -0.25) is 4.79 Å². The molecule has 0 saturated carbocycles. The van der Waals surface area contributed by atoms with Crippen molar-refractivity contribution < 1.29 is 19.1 Å². The van der Waals surface area contributed by atoms with E-state index in [2.05, 4.69) is 5.16 Å². The quantitative estimate of drug-likeness (QED) is 0.394. The minimum Gasteiger partial charge on any atom is -0.493 e. The zero-order valence-corrected chi connectivity index (χ0v) is 18.8. The first-order valence-corrected chi connectivity index (χ1v) is 10.2. The van der Waals surface area contributed by atoms with Crippen LogP contribution >= 0.6 is 11.6 Å². The second kappa shape index (κ2) is 11.5. The highest BCUT2D eigenvalue weighted by Crippen LogP contribution is 2.28. The van der Waals surface area contributed by atoms with E-state index in [9.17, 15) is 4.79 Å². The molecule has 0 atom stereocenters. The Bertz CT molecular complexity index is 843. The van der Waals surface area contributed by atoms with Crippen molar-refractivity contribution >= 4 is 23.7 Å². The van der Waals surface area contributed by atoms with Crippen molar-refractivity contribution in [3.05, 3.63) is 58.6 Å². The van der Waals surface area contributed by atoms with Crippen molar-refractivity contribution in [1.29, 1.82) is 0 Å². The Morgan fingerprint density at radius 3 is 2.33 bits per heavy atom. The summed E-state index contributed by atoms with van der Waals surface area (Å²) in [7, 11) is 1.58. The molecule has 162 valence electrons. The van der Waals surface area contributed by atoms with Crippen molar-refractivity contribution in [3.63, 3.8) is 0 Å². The summed E-state index contributed by atoms with van der Waals surface area (Å²) in [6.45, 7) is 8.20. The lowest BCUT2D eigenvalue weighted by molar-refractivity contribution is -0.139. The van der Waals surface area contributed by atoms with Crippen LogP contribution in [-0.4, -0.2) is 42.8 Å². The van der Waals surface area contributed by atoms with Crippen molar-refractivity contribution in [2.24, 2.45) is 5.16 Å². The first-order chi connectivity index (χ1) is 14.3. The Morgan fingerprint density at radius 1 is 1.07 bits per heavy atom. The molecule has 30 heavy (non-hydrogen) atoms. The third-order valence-corrected chi connectivity index (χ3v) is 4.61. The number of ether oxygens (including phenoxy) is 2. The normalized spacial score (nSPS) is 11.2. The molecule has 0 saturated heterocycles. The summed E-state index contributed by atoms with van der Waals surface area (Å²) < 4.78 is 11.3. The maximum absolute atomic E-state index is 12.3. The Labute approximate surface area is 183 Å². The number of amides is 1. The zero-order chi connectivity index (χ0) is 22.1. The Morgan fingerprint density at radius 2 is 1.73 bits per heavy atom. The fraction of sp³-hybridized carbons (Fsp3) is 0.391. The van der Waals surface area contributed by atoms with E-state index in [0.29, 0.717) is 23.1 Å². The molecule has 2 rings (SSSR count). The number of benzene rings is 2. The summed E-state index contributed by atoms with van der Waals surface area (Å²) in [5.74, 6) is 1.10. The van der Waals surface area contributed by atoms with Crippen LogP contribution in [0.25, 0.3) is 0 Å². The topological polar surface area (TPSA) is 60.4 Å². The van der Waals surface area contributed by atoms with Crippen LogP contribution in [0.3, 0.4) is 0 Å². The molecule has 6 nitrogen and oxygen atoms in total. The Kier molecular flexibility index (Phi) is 8.99. The van der Waals surface area contributed by atoms with E-state index < -0.39 is 0 Å². The van der Waals surface area contributed by atoms with Gasteiger partial charge in [0, 0.05) is 22.7 Å². The summed E-state index contributed by atoms with van der Waals surface area (Å²) >= 11 is 5.90. The number of rotatable bonds is 10. The zero-order valence-electron chi connectivity index (χ0n) is 18.1. The predicted molar refractivity (Wildman–Crippen MR) is 119 cm³/mol. The van der Waals surface area contributed by atoms with Crippen molar-refractivity contribution in [1.82, 2.24) is 4.90 Å². The summed E-state index contributed by atoms with van der Waals surface area (Å²) in [5, 5.41) is 4.59. The molecular weight excluding hydrogens is 404 g/mol. The van der Waals surface area contributed by atoms with E-state index >= 15 is 0 Å². The van der Waals surface area contributed by atoms with Gasteiger partial charge in [0.05, 0.1) is 13.3 Å². The van der Waals surface area contributed by atoms with E-state index in [1.165, 1.54) is 6.21 Å². The van der Waals surface area contributed by atoms with Crippen LogP contribution in [0.4, 0.5) is 0 Å². The van der Waals surface area contributed by atoms with Gasteiger partial charge in [-0.05, 0) is 63.6 Å². The standard InChI is InChI=1S/C23H29ClN2O4/c1-16(2)26(17(3)4)23(27)15-30-25-13-19-8-11-21(22(12-19)28-5)29-14-18-6-9-20(24)10-7-18/h6-13,16-17H,14-15H2,1-5H3/b25-13+. The fourth-order valence-electron chi connectivity index (χ4n) is 3.06. The molecule has 0 aromatic heterocycles. The molecule has 0 bridgehead atoms. The SMILES string of the molecule is COc1cc(/C=N/OCC(=O)N(C(C)C)C(C)C)ccc1OCc1ccc(Cl)cc1. The van der Waals surface area contributed by atoms with Crippen LogP contribution in [0.2, 0.25) is 5.02 Å². The minimum atomic E-state index is -0.105. The van der Waals surface area contributed by atoms with Crippen molar-refractivity contribution in [2.75, 3.05) is 13.7 Å². The van der Waals surface area contributed by atoms with Gasteiger partial charge in [-0.2, -0.15) is 0 Å². The van der Waals surface area contributed by atoms with E-state index in [-0.39, 0.29) is 24.6 Å². The predicted octanol–water partition coefficient (Wildman–Crippen LogP) is 4.92. The smallest absolute Gasteiger partial charge is 0.263 e. The lowest BCUT2D eigenvalue weighted by Gasteiger charge is -2.30. The van der Waals surface area contributed by atoms with Gasteiger partial charge in [-0.15, -0.1) is 0 Å². The summed E-state index contributed by atoms with van der Waals surface area (Å²) in [6.07, 6.45) is 1.54. The second-order valence-electron chi connectivity index (χ2n) is 7.32. The Hall–Kier alpha value is -2.73. The number of carbonyl (C=O) groups excluding carboxylic acids is 1. The Balaban J connectivity index is 1.93. The lowest BCUT2D eigenvalue weighted by atomic mass is 10.2. The molecule has 0 aliphatic carbocycles. The minimum absolute atomic E-state index is 0.0966. The maximum atomic E-state index is 12.3. The van der Waals surface area contributed by atoms with E-state index in [1.807, 2.05) is 58.0 Å². The highest BCUT2D eigenvalue weighted by atomic mass is 35.5. The average molecular weight is 433 g/mol. The molecule has 0 N–H and O–H groups in total. The van der Waals surface area contributed by atoms with Crippen LogP contribution in [0.1, 0.15) is 38.8 Å². The number of methoxy groups -OCH3 is 1. The highest BCUT2D eigenvalue weighted by Gasteiger charge is 2.20. The number of hydrogen-bond acceptors (Lipinski definition) is 5. The van der Waals surface area contributed by atoms with Crippen LogP contribution < -0.4 is 9.47 Å². The number of oxime groups is 1. The number of nitrogens with zero attached hydrogens (tertiary/aromatic N) is 2. The van der Waals surface area contributed by atoms with Gasteiger partial charge in [0.1, 0.15) is 6.61 Å². The van der Waals surface area contributed by atoms with Crippen LogP contribution in [-0.2, 0) is 16.2 Å². The van der Waals surface area contributed by atoms with E-state index in [1.54, 1.807) is 24.1 Å². The molecule has 7 heteroatoms. The van der Waals surface area contributed by atoms with Crippen molar-refractivity contribution in [2.45, 2.75) is 46.4 Å². The molecule has 0 unspecified atom stereocenters. The number of hydrogen-bond donors (Lipinski definition) is 0. The molecule has 2 aromatic rings. The first kappa shape index (κ1) is 23.5. The molecule has 2 aromatic carbocycles. The number of carbonyl (C=O) groups is 1. The van der Waals surface area contributed by atoms with Crippen LogP contribution in [0.5, 0.6) is 11.5 Å². The fourth-order valence-corrected chi connectivity index (χ4v) is 3.19.